The molecule has 98 valence electrons. The third-order valence-corrected chi connectivity index (χ3v) is 3.77. The van der Waals surface area contributed by atoms with E-state index in [0.717, 1.165) is 17.7 Å². The summed E-state index contributed by atoms with van der Waals surface area (Å²) < 4.78 is 5.60. The van der Waals surface area contributed by atoms with Gasteiger partial charge in [-0.1, -0.05) is 19.9 Å². The maximum absolute atomic E-state index is 12.0. The minimum absolute atomic E-state index is 0.0693. The Kier molecular flexibility index (Phi) is 4.33. The summed E-state index contributed by atoms with van der Waals surface area (Å²) in [6.45, 7) is 4.45. The number of ether oxygens (including phenoxy) is 1. The Labute approximate surface area is 114 Å². The molecule has 1 aliphatic rings. The summed E-state index contributed by atoms with van der Waals surface area (Å²) in [5.41, 5.74) is 0.591. The van der Waals surface area contributed by atoms with Gasteiger partial charge in [-0.25, -0.2) is 4.79 Å². The molecule has 1 saturated carbocycles. The fourth-order valence-corrected chi connectivity index (χ4v) is 3.05. The summed E-state index contributed by atoms with van der Waals surface area (Å²) in [6, 6.07) is 7.20. The average Bonchev–Trinajstić information content (AvgIpc) is 2.27. The molecule has 2 nitrogen and oxygen atoms in total. The van der Waals surface area contributed by atoms with Gasteiger partial charge in [-0.3, -0.25) is 0 Å². The van der Waals surface area contributed by atoms with E-state index in [0.29, 0.717) is 17.4 Å². The Hall–Kier alpha value is -0.960. The van der Waals surface area contributed by atoms with Gasteiger partial charge >= 0.3 is 5.97 Å². The summed E-state index contributed by atoms with van der Waals surface area (Å²) in [5.74, 6) is 1.06. The van der Waals surface area contributed by atoms with Crippen LogP contribution in [0.2, 0.25) is 0 Å². The quantitative estimate of drug-likeness (QED) is 0.646. The highest BCUT2D eigenvalue weighted by Crippen LogP contribution is 2.30. The van der Waals surface area contributed by atoms with Crippen LogP contribution in [0.15, 0.2) is 29.2 Å². The first-order valence-electron chi connectivity index (χ1n) is 6.54. The van der Waals surface area contributed by atoms with Gasteiger partial charge in [0.2, 0.25) is 0 Å². The standard InChI is InChI=1S/C15H20O2S/c1-10-6-11(2)8-13(7-10)17-15(16)12-4-3-5-14(18)9-12/h3-5,9-11,13,18H,6-8H2,1-2H3. The Morgan fingerprint density at radius 3 is 2.50 bits per heavy atom. The fraction of sp³-hybridized carbons (Fsp3) is 0.533. The molecule has 1 aromatic rings. The molecule has 1 aliphatic carbocycles. The largest absolute Gasteiger partial charge is 0.459 e. The zero-order valence-corrected chi connectivity index (χ0v) is 11.8. The molecule has 0 amide bonds. The number of rotatable bonds is 2. The van der Waals surface area contributed by atoms with Crippen LogP contribution in [0.4, 0.5) is 0 Å². The molecule has 3 heteroatoms. The van der Waals surface area contributed by atoms with Crippen molar-refractivity contribution in [2.45, 2.75) is 44.1 Å². The topological polar surface area (TPSA) is 26.3 Å². The predicted molar refractivity (Wildman–Crippen MR) is 75.1 cm³/mol. The highest BCUT2D eigenvalue weighted by atomic mass is 32.1. The molecule has 0 radical (unpaired) electrons. The molecule has 2 rings (SSSR count). The van der Waals surface area contributed by atoms with Crippen LogP contribution in [-0.4, -0.2) is 12.1 Å². The van der Waals surface area contributed by atoms with Gasteiger partial charge in [-0.05, 0) is 49.3 Å². The van der Waals surface area contributed by atoms with Crippen molar-refractivity contribution in [1.82, 2.24) is 0 Å². The van der Waals surface area contributed by atoms with Crippen LogP contribution < -0.4 is 0 Å². The van der Waals surface area contributed by atoms with Gasteiger partial charge in [0.25, 0.3) is 0 Å². The van der Waals surface area contributed by atoms with Crippen molar-refractivity contribution in [2.75, 3.05) is 0 Å². The summed E-state index contributed by atoms with van der Waals surface area (Å²) in [4.78, 5) is 12.8. The lowest BCUT2D eigenvalue weighted by Crippen LogP contribution is -2.28. The summed E-state index contributed by atoms with van der Waals surface area (Å²) in [5, 5.41) is 0. The Balaban J connectivity index is 1.99. The minimum atomic E-state index is -0.225. The highest BCUT2D eigenvalue weighted by Gasteiger charge is 2.26. The molecule has 1 aromatic carbocycles. The van der Waals surface area contributed by atoms with Crippen molar-refractivity contribution in [2.24, 2.45) is 11.8 Å². The lowest BCUT2D eigenvalue weighted by Gasteiger charge is -2.31. The van der Waals surface area contributed by atoms with Crippen molar-refractivity contribution in [3.8, 4) is 0 Å². The van der Waals surface area contributed by atoms with Gasteiger partial charge in [-0.2, -0.15) is 0 Å². The molecule has 0 N–H and O–H groups in total. The van der Waals surface area contributed by atoms with Gasteiger partial charge in [-0.15, -0.1) is 12.6 Å². The van der Waals surface area contributed by atoms with Crippen molar-refractivity contribution in [3.05, 3.63) is 29.8 Å². The minimum Gasteiger partial charge on any atom is -0.459 e. The van der Waals surface area contributed by atoms with E-state index in [1.54, 1.807) is 12.1 Å². The van der Waals surface area contributed by atoms with Gasteiger partial charge in [0.1, 0.15) is 6.10 Å². The second-order valence-electron chi connectivity index (χ2n) is 5.50. The van der Waals surface area contributed by atoms with Crippen molar-refractivity contribution < 1.29 is 9.53 Å². The van der Waals surface area contributed by atoms with Crippen molar-refractivity contribution in [1.29, 1.82) is 0 Å². The molecular formula is C15H20O2S. The van der Waals surface area contributed by atoms with E-state index >= 15 is 0 Å². The summed E-state index contributed by atoms with van der Waals surface area (Å²) >= 11 is 4.24. The van der Waals surface area contributed by atoms with Gasteiger partial charge in [0, 0.05) is 4.90 Å². The number of hydrogen-bond acceptors (Lipinski definition) is 3. The van der Waals surface area contributed by atoms with Gasteiger partial charge in [0.15, 0.2) is 0 Å². The molecule has 0 bridgehead atoms. The molecule has 1 fully saturated rings. The normalized spacial score (nSPS) is 27.8. The van der Waals surface area contributed by atoms with Gasteiger partial charge < -0.3 is 4.74 Å². The summed E-state index contributed by atoms with van der Waals surface area (Å²) in [7, 11) is 0. The Bertz CT molecular complexity index is 420. The van der Waals surface area contributed by atoms with E-state index in [2.05, 4.69) is 26.5 Å². The Morgan fingerprint density at radius 2 is 1.89 bits per heavy atom. The van der Waals surface area contributed by atoms with Crippen LogP contribution in [0.25, 0.3) is 0 Å². The van der Waals surface area contributed by atoms with Crippen LogP contribution in [0.5, 0.6) is 0 Å². The number of carbonyl (C=O) groups is 1. The van der Waals surface area contributed by atoms with Crippen LogP contribution in [0, 0.1) is 11.8 Å². The third-order valence-electron chi connectivity index (χ3n) is 3.49. The van der Waals surface area contributed by atoms with E-state index in [1.165, 1.54) is 6.42 Å². The first-order chi connectivity index (χ1) is 8.54. The molecule has 0 saturated heterocycles. The number of thiol groups is 1. The molecule has 18 heavy (non-hydrogen) atoms. The SMILES string of the molecule is CC1CC(C)CC(OC(=O)c2cccc(S)c2)C1. The van der Waals surface area contributed by atoms with E-state index in [4.69, 9.17) is 4.74 Å². The van der Waals surface area contributed by atoms with E-state index in [-0.39, 0.29) is 12.1 Å². The molecule has 0 aliphatic heterocycles. The molecule has 0 aromatic heterocycles. The van der Waals surface area contributed by atoms with Crippen molar-refractivity contribution in [3.63, 3.8) is 0 Å². The zero-order valence-electron chi connectivity index (χ0n) is 10.9. The maximum Gasteiger partial charge on any atom is 0.338 e. The third kappa shape index (κ3) is 3.52. The van der Waals surface area contributed by atoms with Crippen LogP contribution in [-0.2, 0) is 4.74 Å². The fourth-order valence-electron chi connectivity index (χ4n) is 2.82. The smallest absolute Gasteiger partial charge is 0.338 e. The van der Waals surface area contributed by atoms with Crippen molar-refractivity contribution >= 4 is 18.6 Å². The lowest BCUT2D eigenvalue weighted by molar-refractivity contribution is 0.00803. The number of esters is 1. The van der Waals surface area contributed by atoms with Gasteiger partial charge in [0.05, 0.1) is 5.56 Å². The van der Waals surface area contributed by atoms with Crippen LogP contribution in [0.3, 0.4) is 0 Å². The lowest BCUT2D eigenvalue weighted by atomic mass is 9.82. The zero-order chi connectivity index (χ0) is 13.1. The second-order valence-corrected chi connectivity index (χ2v) is 6.01. The maximum atomic E-state index is 12.0. The molecular weight excluding hydrogens is 244 g/mol. The highest BCUT2D eigenvalue weighted by molar-refractivity contribution is 7.80. The molecule has 0 heterocycles. The number of benzene rings is 1. The monoisotopic (exact) mass is 264 g/mol. The average molecular weight is 264 g/mol. The number of hydrogen-bond donors (Lipinski definition) is 1. The summed E-state index contributed by atoms with van der Waals surface area (Å²) in [6.07, 6.45) is 3.27. The molecule has 0 spiro atoms. The molecule has 2 atom stereocenters. The van der Waals surface area contributed by atoms with E-state index in [9.17, 15) is 4.79 Å². The predicted octanol–water partition coefficient (Wildman–Crippen LogP) is 3.96. The Morgan fingerprint density at radius 1 is 1.22 bits per heavy atom. The van der Waals surface area contributed by atoms with E-state index in [1.807, 2.05) is 12.1 Å². The number of carbonyl (C=O) groups excluding carboxylic acids is 1. The van der Waals surface area contributed by atoms with Crippen LogP contribution in [0.1, 0.15) is 43.5 Å². The van der Waals surface area contributed by atoms with Crippen LogP contribution >= 0.6 is 12.6 Å². The molecule has 2 unspecified atom stereocenters. The second kappa shape index (κ2) is 5.79. The first-order valence-corrected chi connectivity index (χ1v) is 6.99. The van der Waals surface area contributed by atoms with E-state index < -0.39 is 0 Å². The first kappa shape index (κ1) is 13.5.